The van der Waals surface area contributed by atoms with Crippen LogP contribution in [0, 0.1) is 13.8 Å². The van der Waals surface area contributed by atoms with E-state index in [1.165, 1.54) is 26.2 Å². The van der Waals surface area contributed by atoms with E-state index in [0.29, 0.717) is 34.9 Å². The molecule has 1 saturated heterocycles. The third-order valence-electron chi connectivity index (χ3n) is 6.12. The van der Waals surface area contributed by atoms with Crippen LogP contribution in [0.15, 0.2) is 23.8 Å². The zero-order chi connectivity index (χ0) is 26.0. The van der Waals surface area contributed by atoms with Crippen molar-refractivity contribution in [2.45, 2.75) is 19.9 Å². The Morgan fingerprint density at radius 1 is 1.11 bits per heavy atom. The van der Waals surface area contributed by atoms with Gasteiger partial charge in [0.1, 0.15) is 11.5 Å². The maximum Gasteiger partial charge on any atom is 0.354 e. The normalized spacial score (nSPS) is 17.3. The molecule has 1 aliphatic rings. The number of esters is 1. The minimum absolute atomic E-state index is 0.0670. The Balaban J connectivity index is 2.26. The number of nitrogens with one attached hydrogen (secondary N) is 1. The number of nitrogens with zero attached hydrogens (tertiary/aromatic N) is 2. The largest absolute Gasteiger partial charge is 0.507 e. The lowest BCUT2D eigenvalue weighted by Gasteiger charge is -2.27. The molecule has 1 atom stereocenters. The average Bonchev–Trinajstić information content (AvgIpc) is 3.28. The van der Waals surface area contributed by atoms with E-state index >= 15 is 0 Å². The molecule has 0 spiro atoms. The Kier molecular flexibility index (Phi) is 7.54. The second kappa shape index (κ2) is 10.2. The molecule has 1 aliphatic heterocycles. The van der Waals surface area contributed by atoms with Crippen molar-refractivity contribution in [1.29, 1.82) is 0 Å². The predicted octanol–water partition coefficient (Wildman–Crippen LogP) is 2.42. The van der Waals surface area contributed by atoms with Gasteiger partial charge in [-0.25, -0.2) is 4.79 Å². The van der Waals surface area contributed by atoms with Gasteiger partial charge in [0.2, 0.25) is 0 Å². The standard InChI is InChI=1S/C25H31N3O7/c1-13-18(14(2)26-20(13)25(32)35-7)22(29)19-21(15-8-9-16(33-5)17(12-15)34-6)28(11-10-27(3)4)24(31)23(19)30/h8-9,12,21,26,29H,10-11H2,1-7H3/t21-/m1/s1. The molecule has 0 aliphatic carbocycles. The molecular formula is C25H31N3O7. The number of aromatic nitrogens is 1. The van der Waals surface area contributed by atoms with Crippen LogP contribution in [0.2, 0.25) is 0 Å². The Labute approximate surface area is 204 Å². The van der Waals surface area contributed by atoms with Crippen LogP contribution in [0.25, 0.3) is 5.76 Å². The summed E-state index contributed by atoms with van der Waals surface area (Å²) in [5, 5.41) is 11.4. The maximum absolute atomic E-state index is 13.3. The van der Waals surface area contributed by atoms with Crippen LogP contribution < -0.4 is 9.47 Å². The fourth-order valence-corrected chi connectivity index (χ4v) is 4.33. The van der Waals surface area contributed by atoms with Gasteiger partial charge in [-0.1, -0.05) is 6.07 Å². The Morgan fingerprint density at radius 2 is 1.77 bits per heavy atom. The lowest BCUT2D eigenvalue weighted by atomic mass is 9.93. The minimum atomic E-state index is -0.870. The van der Waals surface area contributed by atoms with Gasteiger partial charge < -0.3 is 34.1 Å². The summed E-state index contributed by atoms with van der Waals surface area (Å²) in [6, 6.07) is 4.22. The van der Waals surface area contributed by atoms with Crippen LogP contribution in [0.4, 0.5) is 0 Å². The molecule has 2 heterocycles. The number of rotatable bonds is 8. The van der Waals surface area contributed by atoms with Gasteiger partial charge in [0.05, 0.1) is 32.9 Å². The average molecular weight is 486 g/mol. The van der Waals surface area contributed by atoms with E-state index in [1.807, 2.05) is 19.0 Å². The summed E-state index contributed by atoms with van der Waals surface area (Å²) in [7, 11) is 7.99. The zero-order valence-corrected chi connectivity index (χ0v) is 21.0. The molecule has 1 amide bonds. The maximum atomic E-state index is 13.3. The highest BCUT2D eigenvalue weighted by atomic mass is 16.5. The first-order valence-corrected chi connectivity index (χ1v) is 11.0. The Hall–Kier alpha value is -3.79. The van der Waals surface area contributed by atoms with Crippen molar-refractivity contribution in [1.82, 2.24) is 14.8 Å². The highest BCUT2D eigenvalue weighted by Gasteiger charge is 2.46. The van der Waals surface area contributed by atoms with Gasteiger partial charge >= 0.3 is 5.97 Å². The highest BCUT2D eigenvalue weighted by molar-refractivity contribution is 6.46. The highest BCUT2D eigenvalue weighted by Crippen LogP contribution is 2.42. The minimum Gasteiger partial charge on any atom is -0.507 e. The molecule has 188 valence electrons. The summed E-state index contributed by atoms with van der Waals surface area (Å²) in [6.45, 7) is 4.07. The van der Waals surface area contributed by atoms with Crippen LogP contribution in [-0.4, -0.2) is 86.1 Å². The predicted molar refractivity (Wildman–Crippen MR) is 129 cm³/mol. The molecule has 1 fully saturated rings. The summed E-state index contributed by atoms with van der Waals surface area (Å²) in [5.41, 5.74) is 1.82. The Morgan fingerprint density at radius 3 is 2.34 bits per heavy atom. The number of hydrogen-bond acceptors (Lipinski definition) is 8. The summed E-state index contributed by atoms with van der Waals surface area (Å²) in [6.07, 6.45) is 0. The van der Waals surface area contributed by atoms with Gasteiger partial charge in [0.25, 0.3) is 11.7 Å². The molecule has 0 saturated carbocycles. The smallest absolute Gasteiger partial charge is 0.354 e. The number of likely N-dealkylation sites (N-methyl/N-ethyl adjacent to an activating group) is 1. The number of likely N-dealkylation sites (tertiary alicyclic amines) is 1. The number of aliphatic hydroxyl groups excluding tert-OH is 1. The van der Waals surface area contributed by atoms with Crippen molar-refractivity contribution in [3.8, 4) is 11.5 Å². The number of H-pyrrole nitrogens is 1. The third-order valence-corrected chi connectivity index (χ3v) is 6.12. The number of carbonyl (C=O) groups is 3. The third kappa shape index (κ3) is 4.61. The van der Waals surface area contributed by atoms with Crippen LogP contribution >= 0.6 is 0 Å². The van der Waals surface area contributed by atoms with E-state index in [0.717, 1.165) is 0 Å². The van der Waals surface area contributed by atoms with Gasteiger partial charge in [0, 0.05) is 24.3 Å². The van der Waals surface area contributed by atoms with Crippen molar-refractivity contribution in [3.05, 3.63) is 51.9 Å². The molecule has 35 heavy (non-hydrogen) atoms. The fourth-order valence-electron chi connectivity index (χ4n) is 4.33. The number of carbonyl (C=O) groups excluding carboxylic acids is 3. The number of amides is 1. The van der Waals surface area contributed by atoms with E-state index in [1.54, 1.807) is 32.0 Å². The van der Waals surface area contributed by atoms with Crippen LogP contribution in [-0.2, 0) is 14.3 Å². The van der Waals surface area contributed by atoms with E-state index < -0.39 is 23.7 Å². The summed E-state index contributed by atoms with van der Waals surface area (Å²) >= 11 is 0. The number of hydrogen-bond donors (Lipinski definition) is 2. The first-order valence-electron chi connectivity index (χ1n) is 11.0. The van der Waals surface area contributed by atoms with Crippen molar-refractivity contribution in [3.63, 3.8) is 0 Å². The lowest BCUT2D eigenvalue weighted by Crippen LogP contribution is -2.35. The summed E-state index contributed by atoms with van der Waals surface area (Å²) in [4.78, 5) is 44.8. The first kappa shape index (κ1) is 25.8. The van der Waals surface area contributed by atoms with Gasteiger partial charge in [0.15, 0.2) is 11.5 Å². The number of Topliss-reactive ketones (excluding diaryl/α,β-unsaturated/α-hetero) is 1. The molecule has 0 bridgehead atoms. The topological polar surface area (TPSA) is 121 Å². The van der Waals surface area contributed by atoms with Gasteiger partial charge in [-0.05, 0) is 51.2 Å². The van der Waals surface area contributed by atoms with Crippen molar-refractivity contribution in [2.75, 3.05) is 48.5 Å². The lowest BCUT2D eigenvalue weighted by molar-refractivity contribution is -0.140. The van der Waals surface area contributed by atoms with E-state index in [2.05, 4.69) is 4.98 Å². The molecule has 3 rings (SSSR count). The van der Waals surface area contributed by atoms with Crippen LogP contribution in [0.5, 0.6) is 11.5 Å². The van der Waals surface area contributed by atoms with Crippen molar-refractivity contribution in [2.24, 2.45) is 0 Å². The summed E-state index contributed by atoms with van der Waals surface area (Å²) < 4.78 is 15.6. The summed E-state index contributed by atoms with van der Waals surface area (Å²) in [5.74, 6) is -1.58. The molecule has 2 N–H and O–H groups in total. The molecular weight excluding hydrogens is 454 g/mol. The quantitative estimate of drug-likeness (QED) is 0.253. The SMILES string of the molecule is COC(=O)c1[nH]c(C)c(C(O)=C2C(=O)C(=O)N(CCN(C)C)[C@@H]2c2ccc(OC)c(OC)c2)c1C. The van der Waals surface area contributed by atoms with E-state index in [4.69, 9.17) is 14.2 Å². The number of aromatic amines is 1. The number of methoxy groups -OCH3 is 3. The van der Waals surface area contributed by atoms with Gasteiger partial charge in [-0.2, -0.15) is 0 Å². The van der Waals surface area contributed by atoms with E-state index in [-0.39, 0.29) is 29.1 Å². The molecule has 10 heteroatoms. The molecule has 1 aromatic heterocycles. The number of ketones is 1. The van der Waals surface area contributed by atoms with Crippen LogP contribution in [0.1, 0.15) is 38.9 Å². The monoisotopic (exact) mass is 485 g/mol. The van der Waals surface area contributed by atoms with Crippen molar-refractivity contribution < 1.29 is 33.7 Å². The first-order chi connectivity index (χ1) is 16.6. The zero-order valence-electron chi connectivity index (χ0n) is 21.0. The Bertz CT molecular complexity index is 1200. The second-order valence-electron chi connectivity index (χ2n) is 8.53. The number of ether oxygens (including phenoxy) is 3. The molecule has 1 aromatic carbocycles. The molecule has 0 radical (unpaired) electrons. The van der Waals surface area contributed by atoms with Gasteiger partial charge in [-0.15, -0.1) is 0 Å². The van der Waals surface area contributed by atoms with Gasteiger partial charge in [-0.3, -0.25) is 9.59 Å². The second-order valence-corrected chi connectivity index (χ2v) is 8.53. The number of benzene rings is 1. The van der Waals surface area contributed by atoms with Crippen LogP contribution in [0.3, 0.4) is 0 Å². The van der Waals surface area contributed by atoms with Crippen molar-refractivity contribution >= 4 is 23.4 Å². The number of aryl methyl sites for hydroxylation is 1. The molecule has 0 unspecified atom stereocenters. The molecule has 10 nitrogen and oxygen atoms in total. The van der Waals surface area contributed by atoms with E-state index in [9.17, 15) is 19.5 Å². The number of aliphatic hydroxyl groups is 1. The molecule has 2 aromatic rings. The fraction of sp³-hybridized carbons (Fsp3) is 0.400.